The van der Waals surface area contributed by atoms with Crippen LogP contribution in [0.3, 0.4) is 0 Å². The van der Waals surface area contributed by atoms with Crippen LogP contribution < -0.4 is 14.4 Å². The van der Waals surface area contributed by atoms with Gasteiger partial charge in [-0.2, -0.15) is 0 Å². The first-order chi connectivity index (χ1) is 29.0. The second-order valence-corrected chi connectivity index (χ2v) is 16.1. The number of allylic oxidation sites excluding steroid dienone is 2. The Morgan fingerprint density at radius 3 is 1.67 bits per heavy atom. The molecule has 0 aliphatic carbocycles. The molecule has 0 bridgehead atoms. The number of aliphatic hydroxyl groups is 6. The topological polar surface area (TPSA) is 248 Å². The first kappa shape index (κ1) is 47.2. The third-order valence-corrected chi connectivity index (χ3v) is 12.1. The number of aliphatic hydroxyl groups excluding tert-OH is 6. The lowest BCUT2D eigenvalue weighted by molar-refractivity contribution is -0.674. The number of carbonyl (C=O) groups is 2. The van der Waals surface area contributed by atoms with Crippen LogP contribution in [-0.4, -0.2) is 145 Å². The van der Waals surface area contributed by atoms with E-state index in [0.717, 1.165) is 17.2 Å². The van der Waals surface area contributed by atoms with E-state index >= 15 is 0 Å². The molecule has 2 aromatic carbocycles. The Morgan fingerprint density at radius 1 is 0.705 bits per heavy atom. The number of fused-ring (bicyclic) bond motifs is 2. The molecule has 18 nitrogen and oxygen atoms in total. The number of halogens is 4. The fourth-order valence-corrected chi connectivity index (χ4v) is 8.27. The van der Waals surface area contributed by atoms with Crippen molar-refractivity contribution in [3.05, 3.63) is 68.2 Å². The molecule has 61 heavy (non-hydrogen) atoms. The molecule has 8 N–H and O–H groups in total. The van der Waals surface area contributed by atoms with Crippen molar-refractivity contribution < 1.29 is 74.0 Å². The van der Waals surface area contributed by atoms with Crippen molar-refractivity contribution >= 4 is 86.8 Å². The molecule has 4 heterocycles. The number of benzene rings is 2. The van der Waals surface area contributed by atoms with Crippen LogP contribution in [0.2, 0.25) is 20.1 Å². The quantitative estimate of drug-likeness (QED) is 0.0759. The number of anilines is 2. The molecule has 2 saturated heterocycles. The number of aryl methyl sites for hydroxylation is 2. The number of carboxylic acids is 2. The summed E-state index contributed by atoms with van der Waals surface area (Å²) in [6, 6.07) is 7.03. The highest BCUT2D eigenvalue weighted by molar-refractivity contribution is 6.43. The first-order valence-electron chi connectivity index (χ1n) is 19.4. The minimum atomic E-state index is -1.87. The van der Waals surface area contributed by atoms with E-state index in [1.54, 1.807) is 12.1 Å². The molecule has 0 amide bonds. The zero-order chi connectivity index (χ0) is 44.4. The van der Waals surface area contributed by atoms with Crippen LogP contribution in [-0.2, 0) is 41.6 Å². The molecule has 2 fully saturated rings. The predicted molar refractivity (Wildman–Crippen MR) is 222 cm³/mol. The van der Waals surface area contributed by atoms with E-state index in [0.29, 0.717) is 40.0 Å². The summed E-state index contributed by atoms with van der Waals surface area (Å²) in [7, 11) is 0. The zero-order valence-electron chi connectivity index (χ0n) is 32.8. The molecule has 334 valence electrons. The van der Waals surface area contributed by atoms with Crippen molar-refractivity contribution in [2.24, 2.45) is 0 Å². The maximum Gasteiger partial charge on any atom is 0.335 e. The fourth-order valence-electron chi connectivity index (χ4n) is 7.64. The molecule has 1 aromatic heterocycles. The van der Waals surface area contributed by atoms with Gasteiger partial charge in [0.2, 0.25) is 0 Å². The Labute approximate surface area is 369 Å². The maximum atomic E-state index is 11.6. The van der Waals surface area contributed by atoms with Crippen molar-refractivity contribution in [3.63, 3.8) is 0 Å². The van der Waals surface area contributed by atoms with Crippen LogP contribution in [0.25, 0.3) is 17.1 Å². The second kappa shape index (κ2) is 20.0. The average molecular weight is 938 g/mol. The van der Waals surface area contributed by atoms with E-state index < -0.39 is 73.4 Å². The summed E-state index contributed by atoms with van der Waals surface area (Å²) < 4.78 is 25.8. The van der Waals surface area contributed by atoms with Gasteiger partial charge in [0, 0.05) is 44.1 Å². The number of ether oxygens (including phenoxy) is 4. The molecule has 0 spiro atoms. The number of imidazole rings is 1. The van der Waals surface area contributed by atoms with Crippen molar-refractivity contribution in [3.8, 4) is 0 Å². The van der Waals surface area contributed by atoms with Crippen LogP contribution in [0.4, 0.5) is 11.4 Å². The highest BCUT2D eigenvalue weighted by atomic mass is 35.5. The molecule has 22 heteroatoms. The predicted octanol–water partition coefficient (Wildman–Crippen LogP) is 2.36. The third kappa shape index (κ3) is 9.63. The van der Waals surface area contributed by atoms with Crippen molar-refractivity contribution in [1.29, 1.82) is 0 Å². The SMILES string of the molecule is CCN1C(=CC=Cc2n(CCCO[C@H]3OC(C(=O)O)[C@@H](O)C(O)[C@H]3O)c3cc(Cl)c(Cl)cc3[n+]2CCCO[C@@H]2OC(C(=O)O)[C@H](O)[C@H](O)C2O)N(CC)c2cc(Cl)c(Cl)cc21. The molecule has 6 rings (SSSR count). The Bertz CT molecular complexity index is 2020. The number of rotatable bonds is 16. The molecule has 4 unspecified atom stereocenters. The number of hydrogen-bond acceptors (Lipinski definition) is 14. The van der Waals surface area contributed by atoms with Gasteiger partial charge < -0.3 is 69.6 Å². The number of aromatic nitrogens is 2. The van der Waals surface area contributed by atoms with Gasteiger partial charge in [-0.1, -0.05) is 52.5 Å². The molecule has 3 aliphatic rings. The summed E-state index contributed by atoms with van der Waals surface area (Å²) in [6.07, 6.45) is -11.4. The molecule has 10 atom stereocenters. The minimum absolute atomic E-state index is 0.0825. The number of aliphatic carboxylic acids is 2. The van der Waals surface area contributed by atoms with Gasteiger partial charge in [-0.3, -0.25) is 0 Å². The van der Waals surface area contributed by atoms with E-state index in [1.165, 1.54) is 0 Å². The van der Waals surface area contributed by atoms with Crippen LogP contribution >= 0.6 is 46.4 Å². The molecule has 0 saturated carbocycles. The van der Waals surface area contributed by atoms with Crippen molar-refractivity contribution in [2.75, 3.05) is 36.1 Å². The van der Waals surface area contributed by atoms with Crippen LogP contribution in [0, 0.1) is 0 Å². The summed E-state index contributed by atoms with van der Waals surface area (Å²) >= 11 is 26.0. The zero-order valence-corrected chi connectivity index (χ0v) is 35.8. The Kier molecular flexibility index (Phi) is 15.5. The summed E-state index contributed by atoms with van der Waals surface area (Å²) in [5, 5.41) is 81.8. The lowest BCUT2D eigenvalue weighted by atomic mass is 9.99. The lowest BCUT2D eigenvalue weighted by Gasteiger charge is -2.38. The Balaban J connectivity index is 1.31. The van der Waals surface area contributed by atoms with Gasteiger partial charge in [0.05, 0.1) is 57.8 Å². The number of nitrogens with zero attached hydrogens (tertiary/aromatic N) is 4. The van der Waals surface area contributed by atoms with E-state index in [2.05, 4.69) is 9.80 Å². The van der Waals surface area contributed by atoms with Crippen molar-refractivity contribution in [1.82, 2.24) is 4.57 Å². The van der Waals surface area contributed by atoms with Gasteiger partial charge in [0.1, 0.15) is 42.4 Å². The van der Waals surface area contributed by atoms with Gasteiger partial charge in [-0.05, 0) is 32.1 Å². The summed E-state index contributed by atoms with van der Waals surface area (Å²) in [6.45, 7) is 5.60. The average Bonchev–Trinajstić information content (AvgIpc) is 3.66. The maximum absolute atomic E-state index is 11.6. The molecule has 0 radical (unpaired) electrons. The second-order valence-electron chi connectivity index (χ2n) is 14.5. The van der Waals surface area contributed by atoms with E-state index in [1.807, 2.05) is 53.3 Å². The standard InChI is InChI=1S/C39H46Cl4N4O14/c1-3-44-22-14-18(40)19(41)15-23(22)45(4-2)26(44)8-5-9-27-46(10-6-12-58-38-32(52)28(48)30(50)34(60-38)36(54)55)24-16-20(42)21(43)17-25(24)47(27)11-7-13-59-39-33(53)29(49)31(51)35(61-39)37(56)57/h5,8-9,14-17,28-35,38-39,48-53H,3-4,6-7,10-13H2,1-2H3,(H-,54,55,56,57)/p+1/t28-,29?,30+,31-,32?,33+,34?,35?,38+,39-/m0/s1. The highest BCUT2D eigenvalue weighted by Crippen LogP contribution is 2.45. The highest BCUT2D eigenvalue weighted by Gasteiger charge is 2.48. The smallest absolute Gasteiger partial charge is 0.335 e. The van der Waals surface area contributed by atoms with Gasteiger partial charge in [-0.25, -0.2) is 18.7 Å². The van der Waals surface area contributed by atoms with Gasteiger partial charge in [0.25, 0.3) is 5.82 Å². The minimum Gasteiger partial charge on any atom is -0.479 e. The van der Waals surface area contributed by atoms with Gasteiger partial charge in [-0.15, -0.1) is 0 Å². The number of carboxylic acid groups (broad SMARTS) is 2. The molecular formula is C39H47Cl4N4O14+. The van der Waals surface area contributed by atoms with Crippen LogP contribution in [0.1, 0.15) is 32.5 Å². The monoisotopic (exact) mass is 935 g/mol. The van der Waals surface area contributed by atoms with E-state index in [-0.39, 0.29) is 49.2 Å². The lowest BCUT2D eigenvalue weighted by Crippen LogP contribution is -2.60. The summed E-state index contributed by atoms with van der Waals surface area (Å²) in [4.78, 5) is 27.4. The van der Waals surface area contributed by atoms with Gasteiger partial charge in [0.15, 0.2) is 35.8 Å². The Hall–Kier alpha value is -3.31. The van der Waals surface area contributed by atoms with Gasteiger partial charge >= 0.3 is 11.9 Å². The fraction of sp³-hybridized carbons (Fsp3) is 0.513. The largest absolute Gasteiger partial charge is 0.479 e. The van der Waals surface area contributed by atoms with Crippen LogP contribution in [0.5, 0.6) is 0 Å². The summed E-state index contributed by atoms with van der Waals surface area (Å²) in [5.74, 6) is -1.59. The molecule has 3 aromatic rings. The molecule has 3 aliphatic heterocycles. The number of hydrogen-bond donors (Lipinski definition) is 8. The van der Waals surface area contributed by atoms with E-state index in [9.17, 15) is 50.4 Å². The summed E-state index contributed by atoms with van der Waals surface area (Å²) in [5.41, 5.74) is 3.08. The van der Waals surface area contributed by atoms with Crippen molar-refractivity contribution in [2.45, 2.75) is 101 Å². The molecular weight excluding hydrogens is 890 g/mol. The van der Waals surface area contributed by atoms with Crippen LogP contribution in [0.15, 0.2) is 42.2 Å². The normalized spacial score (nSPS) is 28.0. The first-order valence-corrected chi connectivity index (χ1v) is 20.9. The van der Waals surface area contributed by atoms with E-state index in [4.69, 9.17) is 65.4 Å². The Morgan fingerprint density at radius 2 is 1.18 bits per heavy atom. The third-order valence-electron chi connectivity index (χ3n) is 10.7.